The molecule has 1 aliphatic carbocycles. The van der Waals surface area contributed by atoms with Gasteiger partial charge in [-0.05, 0) is 36.0 Å². The van der Waals surface area contributed by atoms with Crippen molar-refractivity contribution in [2.24, 2.45) is 10.4 Å². The van der Waals surface area contributed by atoms with Gasteiger partial charge in [0, 0.05) is 20.1 Å². The molecule has 0 amide bonds. The van der Waals surface area contributed by atoms with Crippen molar-refractivity contribution in [3.05, 3.63) is 17.7 Å². The van der Waals surface area contributed by atoms with Crippen molar-refractivity contribution < 1.29 is 14.2 Å². The Balaban J connectivity index is 1.98. The second-order valence-corrected chi connectivity index (χ2v) is 6.83. The van der Waals surface area contributed by atoms with Crippen LogP contribution in [0.4, 0.5) is 0 Å². The van der Waals surface area contributed by atoms with Gasteiger partial charge in [-0.1, -0.05) is 19.8 Å². The first-order valence-corrected chi connectivity index (χ1v) is 8.78. The molecule has 2 N–H and O–H groups in total. The van der Waals surface area contributed by atoms with Crippen LogP contribution in [0, 0.1) is 5.41 Å². The van der Waals surface area contributed by atoms with Gasteiger partial charge in [0.05, 0.1) is 21.3 Å². The fourth-order valence-electron chi connectivity index (χ4n) is 3.35. The number of methoxy groups -OCH3 is 3. The largest absolute Gasteiger partial charge is 0.493 e. The third-order valence-corrected chi connectivity index (χ3v) is 4.90. The maximum absolute atomic E-state index is 5.40. The van der Waals surface area contributed by atoms with Gasteiger partial charge in [0.25, 0.3) is 0 Å². The van der Waals surface area contributed by atoms with Gasteiger partial charge >= 0.3 is 0 Å². The molecule has 6 nitrogen and oxygen atoms in total. The van der Waals surface area contributed by atoms with Crippen LogP contribution in [0.15, 0.2) is 17.1 Å². The lowest BCUT2D eigenvalue weighted by atomic mass is 9.89. The predicted molar refractivity (Wildman–Crippen MR) is 101 cm³/mol. The number of aliphatic imine (C=N–C) groups is 1. The third kappa shape index (κ3) is 4.94. The Morgan fingerprint density at radius 1 is 1.04 bits per heavy atom. The summed E-state index contributed by atoms with van der Waals surface area (Å²) >= 11 is 0. The van der Waals surface area contributed by atoms with E-state index in [0.29, 0.717) is 29.2 Å². The maximum Gasteiger partial charge on any atom is 0.203 e. The van der Waals surface area contributed by atoms with Gasteiger partial charge in [-0.2, -0.15) is 0 Å². The highest BCUT2D eigenvalue weighted by Gasteiger charge is 2.28. The molecule has 6 heteroatoms. The molecule has 1 aliphatic rings. The molecule has 1 aromatic carbocycles. The first-order chi connectivity index (χ1) is 12.0. The summed E-state index contributed by atoms with van der Waals surface area (Å²) < 4.78 is 16.2. The summed E-state index contributed by atoms with van der Waals surface area (Å²) in [4.78, 5) is 4.32. The highest BCUT2D eigenvalue weighted by atomic mass is 16.5. The van der Waals surface area contributed by atoms with E-state index in [9.17, 15) is 0 Å². The van der Waals surface area contributed by atoms with Crippen molar-refractivity contribution in [3.63, 3.8) is 0 Å². The normalized spacial score (nSPS) is 16.4. The molecule has 0 saturated heterocycles. The molecule has 0 bridgehead atoms. The molecule has 2 rings (SSSR count). The zero-order valence-corrected chi connectivity index (χ0v) is 16.1. The number of nitrogens with zero attached hydrogens (tertiary/aromatic N) is 1. The molecule has 25 heavy (non-hydrogen) atoms. The summed E-state index contributed by atoms with van der Waals surface area (Å²) in [7, 11) is 6.64. The van der Waals surface area contributed by atoms with Gasteiger partial charge in [-0.3, -0.25) is 4.99 Å². The standard InChI is InChI=1S/C19H31N3O3/c1-19(8-6-7-9-19)13-22-18(20-2)21-12-14-10-15(23-3)17(25-5)16(11-14)24-4/h10-11H,6-9,12-13H2,1-5H3,(H2,20,21,22). The van der Waals surface area contributed by atoms with Crippen LogP contribution in [-0.2, 0) is 6.54 Å². The molecule has 0 heterocycles. The molecular weight excluding hydrogens is 318 g/mol. The SMILES string of the molecule is CN=C(NCc1cc(OC)c(OC)c(OC)c1)NCC1(C)CCCC1. The molecule has 1 aromatic rings. The Kier molecular flexibility index (Phi) is 6.79. The zero-order valence-electron chi connectivity index (χ0n) is 16.1. The molecule has 1 saturated carbocycles. The molecular formula is C19H31N3O3. The number of nitrogens with one attached hydrogen (secondary N) is 2. The van der Waals surface area contributed by atoms with Crippen molar-refractivity contribution in [2.75, 3.05) is 34.9 Å². The highest BCUT2D eigenvalue weighted by molar-refractivity contribution is 5.79. The highest BCUT2D eigenvalue weighted by Crippen LogP contribution is 2.38. The van der Waals surface area contributed by atoms with Crippen molar-refractivity contribution in [1.82, 2.24) is 10.6 Å². The summed E-state index contributed by atoms with van der Waals surface area (Å²) in [6.07, 6.45) is 5.22. The van der Waals surface area contributed by atoms with E-state index in [2.05, 4.69) is 22.5 Å². The van der Waals surface area contributed by atoms with Crippen LogP contribution < -0.4 is 24.8 Å². The lowest BCUT2D eigenvalue weighted by Crippen LogP contribution is -2.41. The second kappa shape index (κ2) is 8.83. The van der Waals surface area contributed by atoms with E-state index in [-0.39, 0.29) is 0 Å². The minimum absolute atomic E-state index is 0.379. The second-order valence-electron chi connectivity index (χ2n) is 6.83. The topological polar surface area (TPSA) is 64.1 Å². The van der Waals surface area contributed by atoms with Gasteiger partial charge in [-0.25, -0.2) is 0 Å². The van der Waals surface area contributed by atoms with Gasteiger partial charge in [-0.15, -0.1) is 0 Å². The summed E-state index contributed by atoms with van der Waals surface area (Å²) in [5.74, 6) is 2.72. The molecule has 0 atom stereocenters. The van der Waals surface area contributed by atoms with Crippen LogP contribution in [0.3, 0.4) is 0 Å². The minimum atomic E-state index is 0.379. The van der Waals surface area contributed by atoms with Crippen molar-refractivity contribution in [3.8, 4) is 17.2 Å². The summed E-state index contributed by atoms with van der Waals surface area (Å²) in [6.45, 7) is 3.91. The number of guanidine groups is 1. The fourth-order valence-corrected chi connectivity index (χ4v) is 3.35. The molecule has 0 aromatic heterocycles. The van der Waals surface area contributed by atoms with E-state index in [0.717, 1.165) is 18.1 Å². The monoisotopic (exact) mass is 349 g/mol. The average Bonchev–Trinajstić information content (AvgIpc) is 3.07. The molecule has 0 radical (unpaired) electrons. The Morgan fingerprint density at radius 3 is 2.12 bits per heavy atom. The van der Waals surface area contributed by atoms with E-state index >= 15 is 0 Å². The lowest BCUT2D eigenvalue weighted by molar-refractivity contribution is 0.323. The van der Waals surface area contributed by atoms with E-state index in [1.165, 1.54) is 25.7 Å². The molecule has 1 fully saturated rings. The maximum atomic E-state index is 5.40. The van der Waals surface area contributed by atoms with Crippen LogP contribution in [0.1, 0.15) is 38.2 Å². The van der Waals surface area contributed by atoms with Crippen LogP contribution in [0.2, 0.25) is 0 Å². The molecule has 0 aliphatic heterocycles. The number of ether oxygens (including phenoxy) is 3. The number of rotatable bonds is 7. The molecule has 140 valence electrons. The van der Waals surface area contributed by atoms with Crippen LogP contribution in [0.5, 0.6) is 17.2 Å². The summed E-state index contributed by atoms with van der Waals surface area (Å²) in [5.41, 5.74) is 1.41. The third-order valence-electron chi connectivity index (χ3n) is 4.90. The Labute approximate surface area is 151 Å². The Hall–Kier alpha value is -2.11. The smallest absolute Gasteiger partial charge is 0.203 e. The van der Waals surface area contributed by atoms with Crippen LogP contribution in [-0.4, -0.2) is 40.9 Å². The number of hydrogen-bond acceptors (Lipinski definition) is 4. The zero-order chi connectivity index (χ0) is 18.3. The van der Waals surface area contributed by atoms with Gasteiger partial charge in [0.1, 0.15) is 0 Å². The van der Waals surface area contributed by atoms with E-state index in [4.69, 9.17) is 14.2 Å². The van der Waals surface area contributed by atoms with Crippen molar-refractivity contribution in [2.45, 2.75) is 39.2 Å². The number of benzene rings is 1. The van der Waals surface area contributed by atoms with Crippen LogP contribution >= 0.6 is 0 Å². The quantitative estimate of drug-likeness (QED) is 0.585. The molecule has 0 spiro atoms. The lowest BCUT2D eigenvalue weighted by Gasteiger charge is -2.25. The van der Waals surface area contributed by atoms with E-state index in [1.54, 1.807) is 28.4 Å². The van der Waals surface area contributed by atoms with Gasteiger partial charge < -0.3 is 24.8 Å². The van der Waals surface area contributed by atoms with Crippen molar-refractivity contribution >= 4 is 5.96 Å². The first kappa shape index (κ1) is 19.2. The summed E-state index contributed by atoms with van der Waals surface area (Å²) in [5, 5.41) is 6.81. The summed E-state index contributed by atoms with van der Waals surface area (Å²) in [6, 6.07) is 3.89. The van der Waals surface area contributed by atoms with Gasteiger partial charge in [0.15, 0.2) is 17.5 Å². The average molecular weight is 349 g/mol. The van der Waals surface area contributed by atoms with E-state index in [1.807, 2.05) is 12.1 Å². The van der Waals surface area contributed by atoms with Crippen molar-refractivity contribution in [1.29, 1.82) is 0 Å². The minimum Gasteiger partial charge on any atom is -0.493 e. The Bertz CT molecular complexity index is 571. The fraction of sp³-hybridized carbons (Fsp3) is 0.632. The van der Waals surface area contributed by atoms with E-state index < -0.39 is 0 Å². The predicted octanol–water partition coefficient (Wildman–Crippen LogP) is 2.96. The Morgan fingerprint density at radius 2 is 1.64 bits per heavy atom. The number of hydrogen-bond donors (Lipinski definition) is 2. The first-order valence-electron chi connectivity index (χ1n) is 8.78. The van der Waals surface area contributed by atoms with Gasteiger partial charge in [0.2, 0.25) is 5.75 Å². The van der Waals surface area contributed by atoms with Crippen LogP contribution in [0.25, 0.3) is 0 Å². The molecule has 0 unspecified atom stereocenters.